The number of anilines is 2. The Hall–Kier alpha value is -3.08. The number of aryl methyl sites for hydroxylation is 2. The van der Waals surface area contributed by atoms with Gasteiger partial charge in [-0.15, -0.1) is 0 Å². The Bertz CT molecular complexity index is 826. The average molecular weight is 307 g/mol. The summed E-state index contributed by atoms with van der Waals surface area (Å²) in [5, 5.41) is 5.64. The van der Waals surface area contributed by atoms with E-state index in [4.69, 9.17) is 4.42 Å². The van der Waals surface area contributed by atoms with Crippen molar-refractivity contribution in [3.63, 3.8) is 0 Å². The van der Waals surface area contributed by atoms with Crippen molar-refractivity contribution in [1.29, 1.82) is 0 Å². The zero-order valence-electron chi connectivity index (χ0n) is 13.0. The van der Waals surface area contributed by atoms with Crippen LogP contribution in [0.4, 0.5) is 16.2 Å². The third-order valence-electron chi connectivity index (χ3n) is 3.46. The van der Waals surface area contributed by atoms with Gasteiger partial charge in [0.05, 0.1) is 6.20 Å². The molecule has 5 nitrogen and oxygen atoms in total. The number of hydrogen-bond donors (Lipinski definition) is 2. The van der Waals surface area contributed by atoms with Crippen molar-refractivity contribution < 1.29 is 9.21 Å². The van der Waals surface area contributed by atoms with E-state index in [2.05, 4.69) is 15.6 Å². The molecule has 0 aliphatic heterocycles. The van der Waals surface area contributed by atoms with Crippen molar-refractivity contribution in [2.24, 2.45) is 0 Å². The Morgan fingerprint density at radius 1 is 1.04 bits per heavy atom. The first kappa shape index (κ1) is 14.8. The first-order chi connectivity index (χ1) is 11.1. The minimum atomic E-state index is -0.276. The molecule has 2 amide bonds. The molecule has 1 heterocycles. The number of aromatic nitrogens is 1. The van der Waals surface area contributed by atoms with Crippen LogP contribution < -0.4 is 10.6 Å². The van der Waals surface area contributed by atoms with E-state index in [1.54, 1.807) is 6.20 Å². The Balaban J connectivity index is 1.70. The molecule has 0 aliphatic carbocycles. The van der Waals surface area contributed by atoms with Gasteiger partial charge in [-0.05, 0) is 55.3 Å². The van der Waals surface area contributed by atoms with Crippen LogP contribution in [0.1, 0.15) is 11.1 Å². The molecule has 3 aromatic rings. The standard InChI is InChI=1S/C18H17N3O2/c1-12-4-3-5-14(8-12)20-18(22)21-15-6-7-16(13(2)9-15)17-10-19-11-23-17/h3-11H,1-2H3,(H2,20,21,22). The highest BCUT2D eigenvalue weighted by molar-refractivity contribution is 6.00. The zero-order chi connectivity index (χ0) is 16.2. The van der Waals surface area contributed by atoms with Crippen LogP contribution in [0.3, 0.4) is 0 Å². The molecule has 2 aromatic carbocycles. The highest BCUT2D eigenvalue weighted by Gasteiger charge is 2.08. The fourth-order valence-electron chi connectivity index (χ4n) is 2.38. The van der Waals surface area contributed by atoms with Gasteiger partial charge < -0.3 is 15.1 Å². The predicted octanol–water partition coefficient (Wildman–Crippen LogP) is 4.60. The molecule has 5 heteroatoms. The van der Waals surface area contributed by atoms with Gasteiger partial charge in [0.2, 0.25) is 0 Å². The number of amides is 2. The summed E-state index contributed by atoms with van der Waals surface area (Å²) in [5.74, 6) is 0.707. The van der Waals surface area contributed by atoms with E-state index >= 15 is 0 Å². The SMILES string of the molecule is Cc1cccc(NC(=O)Nc2ccc(-c3cnco3)c(C)c2)c1. The molecule has 0 fully saturated rings. The molecule has 0 atom stereocenters. The molecule has 0 saturated carbocycles. The van der Waals surface area contributed by atoms with Crippen LogP contribution in [0.25, 0.3) is 11.3 Å². The number of hydrogen-bond acceptors (Lipinski definition) is 3. The van der Waals surface area contributed by atoms with Crippen LogP contribution in [0.15, 0.2) is 59.5 Å². The van der Waals surface area contributed by atoms with Crippen LogP contribution in [-0.4, -0.2) is 11.0 Å². The normalized spacial score (nSPS) is 10.3. The van der Waals surface area contributed by atoms with Crippen molar-refractivity contribution in [2.45, 2.75) is 13.8 Å². The van der Waals surface area contributed by atoms with Crippen LogP contribution in [0, 0.1) is 13.8 Å². The fourth-order valence-corrected chi connectivity index (χ4v) is 2.38. The highest BCUT2D eigenvalue weighted by Crippen LogP contribution is 2.25. The molecule has 116 valence electrons. The lowest BCUT2D eigenvalue weighted by atomic mass is 10.1. The minimum absolute atomic E-state index is 0.276. The molecule has 3 rings (SSSR count). The number of urea groups is 1. The Morgan fingerprint density at radius 2 is 1.83 bits per heavy atom. The number of benzene rings is 2. The van der Waals surface area contributed by atoms with Gasteiger partial charge >= 0.3 is 6.03 Å². The first-order valence-corrected chi connectivity index (χ1v) is 7.26. The fraction of sp³-hybridized carbons (Fsp3) is 0.111. The van der Waals surface area contributed by atoms with E-state index in [-0.39, 0.29) is 6.03 Å². The summed E-state index contributed by atoms with van der Waals surface area (Å²) < 4.78 is 5.30. The number of rotatable bonds is 3. The molecular formula is C18H17N3O2. The van der Waals surface area contributed by atoms with Gasteiger partial charge in [-0.3, -0.25) is 0 Å². The van der Waals surface area contributed by atoms with E-state index in [1.165, 1.54) is 6.39 Å². The van der Waals surface area contributed by atoms with E-state index in [1.807, 2.05) is 56.3 Å². The lowest BCUT2D eigenvalue weighted by Gasteiger charge is -2.10. The Kier molecular flexibility index (Phi) is 4.10. The van der Waals surface area contributed by atoms with Gasteiger partial charge in [-0.25, -0.2) is 9.78 Å². The third-order valence-corrected chi connectivity index (χ3v) is 3.46. The van der Waals surface area contributed by atoms with Crippen molar-refractivity contribution in [1.82, 2.24) is 4.98 Å². The molecule has 0 spiro atoms. The topological polar surface area (TPSA) is 67.2 Å². The molecule has 0 bridgehead atoms. The maximum absolute atomic E-state index is 12.1. The maximum Gasteiger partial charge on any atom is 0.323 e. The van der Waals surface area contributed by atoms with E-state index in [0.717, 1.165) is 28.1 Å². The lowest BCUT2D eigenvalue weighted by molar-refractivity contribution is 0.262. The number of oxazole rings is 1. The first-order valence-electron chi connectivity index (χ1n) is 7.26. The summed E-state index contributed by atoms with van der Waals surface area (Å²) in [5.41, 5.74) is 4.52. The van der Waals surface area contributed by atoms with Gasteiger partial charge in [0.15, 0.2) is 12.2 Å². The quantitative estimate of drug-likeness (QED) is 0.743. The predicted molar refractivity (Wildman–Crippen MR) is 90.5 cm³/mol. The summed E-state index contributed by atoms with van der Waals surface area (Å²) in [4.78, 5) is 16.0. The van der Waals surface area contributed by atoms with E-state index in [0.29, 0.717) is 5.76 Å². The van der Waals surface area contributed by atoms with E-state index < -0.39 is 0 Å². The second kappa shape index (κ2) is 6.36. The second-order valence-electron chi connectivity index (χ2n) is 5.34. The molecule has 2 N–H and O–H groups in total. The summed E-state index contributed by atoms with van der Waals surface area (Å²) in [6.45, 7) is 3.94. The summed E-state index contributed by atoms with van der Waals surface area (Å²) in [6.07, 6.45) is 3.07. The molecule has 0 aliphatic rings. The largest absolute Gasteiger partial charge is 0.444 e. The zero-order valence-corrected chi connectivity index (χ0v) is 13.0. The molecule has 0 saturated heterocycles. The molecule has 1 aromatic heterocycles. The van der Waals surface area contributed by atoms with Gasteiger partial charge in [-0.1, -0.05) is 12.1 Å². The van der Waals surface area contributed by atoms with Crippen molar-refractivity contribution in [3.05, 3.63) is 66.2 Å². The smallest absolute Gasteiger partial charge is 0.323 e. The number of nitrogens with zero attached hydrogens (tertiary/aromatic N) is 1. The second-order valence-corrected chi connectivity index (χ2v) is 5.34. The molecular weight excluding hydrogens is 290 g/mol. The lowest BCUT2D eigenvalue weighted by Crippen LogP contribution is -2.19. The molecule has 0 radical (unpaired) electrons. The van der Waals surface area contributed by atoms with Gasteiger partial charge in [-0.2, -0.15) is 0 Å². The number of nitrogens with one attached hydrogen (secondary N) is 2. The average Bonchev–Trinajstić information content (AvgIpc) is 3.01. The monoisotopic (exact) mass is 307 g/mol. The summed E-state index contributed by atoms with van der Waals surface area (Å²) in [6, 6.07) is 13.0. The van der Waals surface area contributed by atoms with Gasteiger partial charge in [0, 0.05) is 16.9 Å². The van der Waals surface area contributed by atoms with Gasteiger partial charge in [0.1, 0.15) is 0 Å². The summed E-state index contributed by atoms with van der Waals surface area (Å²) in [7, 11) is 0. The highest BCUT2D eigenvalue weighted by atomic mass is 16.3. The van der Waals surface area contributed by atoms with Crippen molar-refractivity contribution in [3.8, 4) is 11.3 Å². The number of carbonyl (C=O) groups excluding carboxylic acids is 1. The number of carbonyl (C=O) groups is 1. The Labute approximate surface area is 134 Å². The minimum Gasteiger partial charge on any atom is -0.444 e. The van der Waals surface area contributed by atoms with Crippen molar-refractivity contribution in [2.75, 3.05) is 10.6 Å². The molecule has 0 unspecified atom stereocenters. The van der Waals surface area contributed by atoms with E-state index in [9.17, 15) is 4.79 Å². The third kappa shape index (κ3) is 3.58. The van der Waals surface area contributed by atoms with Gasteiger partial charge in [0.25, 0.3) is 0 Å². The van der Waals surface area contributed by atoms with Crippen LogP contribution in [0.5, 0.6) is 0 Å². The van der Waals surface area contributed by atoms with Crippen LogP contribution in [-0.2, 0) is 0 Å². The maximum atomic E-state index is 12.1. The summed E-state index contributed by atoms with van der Waals surface area (Å²) >= 11 is 0. The van der Waals surface area contributed by atoms with Crippen molar-refractivity contribution >= 4 is 17.4 Å². The Morgan fingerprint density at radius 3 is 2.48 bits per heavy atom. The molecule has 23 heavy (non-hydrogen) atoms. The van der Waals surface area contributed by atoms with Crippen LogP contribution in [0.2, 0.25) is 0 Å². The van der Waals surface area contributed by atoms with Crippen LogP contribution >= 0.6 is 0 Å².